The van der Waals surface area contributed by atoms with Crippen LogP contribution in [0.1, 0.15) is 31.3 Å². The lowest BCUT2D eigenvalue weighted by Gasteiger charge is -2.10. The van der Waals surface area contributed by atoms with E-state index >= 15 is 0 Å². The van der Waals surface area contributed by atoms with Crippen molar-refractivity contribution in [2.75, 3.05) is 0 Å². The summed E-state index contributed by atoms with van der Waals surface area (Å²) in [5, 5.41) is 4.15. The van der Waals surface area contributed by atoms with Gasteiger partial charge < -0.3 is 4.57 Å². The molecule has 2 aromatic rings. The van der Waals surface area contributed by atoms with Gasteiger partial charge in [0.25, 0.3) is 5.56 Å². The molecule has 0 bridgehead atoms. The molecule has 0 spiro atoms. The van der Waals surface area contributed by atoms with Gasteiger partial charge in [-0.2, -0.15) is 5.10 Å². The Morgan fingerprint density at radius 1 is 1.41 bits per heavy atom. The minimum atomic E-state index is -0.0108. The lowest BCUT2D eigenvalue weighted by Crippen LogP contribution is -2.22. The van der Waals surface area contributed by atoms with E-state index in [0.29, 0.717) is 6.54 Å². The zero-order valence-electron chi connectivity index (χ0n) is 10.3. The summed E-state index contributed by atoms with van der Waals surface area (Å²) in [6.45, 7) is 6.44. The van der Waals surface area contributed by atoms with E-state index in [9.17, 15) is 4.79 Å². The Labute approximate surface area is 99.7 Å². The van der Waals surface area contributed by atoms with Crippen molar-refractivity contribution in [1.82, 2.24) is 19.3 Å². The number of aryl methyl sites for hydroxylation is 1. The van der Waals surface area contributed by atoms with Crippen LogP contribution in [0.3, 0.4) is 0 Å². The zero-order valence-corrected chi connectivity index (χ0v) is 10.3. The Bertz CT molecular complexity index is 568. The average molecular weight is 232 g/mol. The predicted octanol–water partition coefficient (Wildman–Crippen LogP) is 1.38. The fourth-order valence-electron chi connectivity index (χ4n) is 1.71. The van der Waals surface area contributed by atoms with Gasteiger partial charge in [0.15, 0.2) is 0 Å². The average Bonchev–Trinajstić information content (AvgIpc) is 2.70. The Kier molecular flexibility index (Phi) is 3.08. The van der Waals surface area contributed by atoms with Crippen molar-refractivity contribution in [3.63, 3.8) is 0 Å². The number of pyridine rings is 1. The molecule has 0 amide bonds. The summed E-state index contributed by atoms with van der Waals surface area (Å²) >= 11 is 0. The van der Waals surface area contributed by atoms with E-state index in [0.717, 1.165) is 11.4 Å². The van der Waals surface area contributed by atoms with Crippen molar-refractivity contribution in [2.24, 2.45) is 0 Å². The highest BCUT2D eigenvalue weighted by Gasteiger charge is 2.08. The van der Waals surface area contributed by atoms with Crippen molar-refractivity contribution in [3.8, 4) is 0 Å². The van der Waals surface area contributed by atoms with E-state index in [4.69, 9.17) is 0 Å². The van der Waals surface area contributed by atoms with Gasteiger partial charge in [0.2, 0.25) is 0 Å². The molecule has 0 unspecified atom stereocenters. The van der Waals surface area contributed by atoms with Crippen LogP contribution in [0, 0.1) is 6.92 Å². The number of hydrogen-bond acceptors (Lipinski definition) is 3. The Balaban J connectivity index is 2.32. The zero-order chi connectivity index (χ0) is 12.4. The minimum Gasteiger partial charge on any atom is -0.308 e. The van der Waals surface area contributed by atoms with Gasteiger partial charge in [0.1, 0.15) is 12.2 Å². The summed E-state index contributed by atoms with van der Waals surface area (Å²) in [6.07, 6.45) is 3.31. The number of nitrogens with zero attached hydrogens (tertiary/aromatic N) is 4. The van der Waals surface area contributed by atoms with Gasteiger partial charge in [-0.25, -0.2) is 9.67 Å². The van der Waals surface area contributed by atoms with Gasteiger partial charge in [-0.05, 0) is 32.4 Å². The topological polar surface area (TPSA) is 52.7 Å². The van der Waals surface area contributed by atoms with Crippen LogP contribution < -0.4 is 5.56 Å². The van der Waals surface area contributed by atoms with Gasteiger partial charge in [0, 0.05) is 18.3 Å². The Hall–Kier alpha value is -1.91. The van der Waals surface area contributed by atoms with Crippen molar-refractivity contribution < 1.29 is 0 Å². The SMILES string of the molecule is Cc1ccn(Cc2ncnn2C(C)C)c(=O)c1. The quantitative estimate of drug-likeness (QED) is 0.803. The molecule has 2 aromatic heterocycles. The standard InChI is InChI=1S/C12H16N4O/c1-9(2)16-11(13-8-14-16)7-15-5-4-10(3)6-12(15)17/h4-6,8-9H,7H2,1-3H3. The van der Waals surface area contributed by atoms with Crippen molar-refractivity contribution in [2.45, 2.75) is 33.4 Å². The first-order chi connectivity index (χ1) is 8.08. The summed E-state index contributed by atoms with van der Waals surface area (Å²) in [5.41, 5.74) is 0.958. The van der Waals surface area contributed by atoms with E-state index in [1.165, 1.54) is 6.33 Å². The maximum absolute atomic E-state index is 11.8. The molecule has 2 heterocycles. The van der Waals surface area contributed by atoms with Gasteiger partial charge in [0.05, 0.1) is 6.54 Å². The smallest absolute Gasteiger partial charge is 0.251 e. The lowest BCUT2D eigenvalue weighted by atomic mass is 10.3. The minimum absolute atomic E-state index is 0.0108. The highest BCUT2D eigenvalue weighted by atomic mass is 16.1. The van der Waals surface area contributed by atoms with Crippen molar-refractivity contribution >= 4 is 0 Å². The summed E-state index contributed by atoms with van der Waals surface area (Å²) in [4.78, 5) is 15.9. The lowest BCUT2D eigenvalue weighted by molar-refractivity contribution is 0.494. The summed E-state index contributed by atoms with van der Waals surface area (Å²) in [7, 11) is 0. The fraction of sp³-hybridized carbons (Fsp3) is 0.417. The number of aromatic nitrogens is 4. The van der Waals surface area contributed by atoms with Crippen LogP contribution in [0.15, 0.2) is 29.5 Å². The molecule has 0 aliphatic carbocycles. The van der Waals surface area contributed by atoms with Gasteiger partial charge in [-0.3, -0.25) is 4.79 Å². The molecule has 0 N–H and O–H groups in total. The molecule has 2 rings (SSSR count). The molecule has 0 saturated carbocycles. The van der Waals surface area contributed by atoms with Crippen LogP contribution in [0.2, 0.25) is 0 Å². The highest BCUT2D eigenvalue weighted by molar-refractivity contribution is 5.08. The predicted molar refractivity (Wildman–Crippen MR) is 64.9 cm³/mol. The van der Waals surface area contributed by atoms with E-state index in [2.05, 4.69) is 10.1 Å². The van der Waals surface area contributed by atoms with E-state index < -0.39 is 0 Å². The first-order valence-electron chi connectivity index (χ1n) is 5.63. The largest absolute Gasteiger partial charge is 0.308 e. The molecule has 0 radical (unpaired) electrons. The molecular weight excluding hydrogens is 216 g/mol. The highest BCUT2D eigenvalue weighted by Crippen LogP contribution is 2.06. The Morgan fingerprint density at radius 3 is 2.82 bits per heavy atom. The molecule has 0 aromatic carbocycles. The second-order valence-corrected chi connectivity index (χ2v) is 4.38. The third-order valence-corrected chi connectivity index (χ3v) is 2.60. The van der Waals surface area contributed by atoms with Gasteiger partial charge in [-0.15, -0.1) is 0 Å². The first-order valence-corrected chi connectivity index (χ1v) is 5.63. The molecule has 5 heteroatoms. The molecule has 17 heavy (non-hydrogen) atoms. The fourth-order valence-corrected chi connectivity index (χ4v) is 1.71. The maximum Gasteiger partial charge on any atom is 0.251 e. The third-order valence-electron chi connectivity index (χ3n) is 2.60. The number of hydrogen-bond donors (Lipinski definition) is 0. The van der Waals surface area contributed by atoms with E-state index in [1.807, 2.05) is 31.5 Å². The molecular formula is C12H16N4O. The van der Waals surface area contributed by atoms with Crippen LogP contribution in [0.4, 0.5) is 0 Å². The van der Waals surface area contributed by atoms with E-state index in [-0.39, 0.29) is 11.6 Å². The summed E-state index contributed by atoms with van der Waals surface area (Å²) in [6, 6.07) is 3.78. The number of rotatable bonds is 3. The van der Waals surface area contributed by atoms with Crippen LogP contribution in [0.25, 0.3) is 0 Å². The second-order valence-electron chi connectivity index (χ2n) is 4.38. The maximum atomic E-state index is 11.8. The monoisotopic (exact) mass is 232 g/mol. The van der Waals surface area contributed by atoms with Crippen LogP contribution in [-0.2, 0) is 6.54 Å². The van der Waals surface area contributed by atoms with Gasteiger partial charge in [-0.1, -0.05) is 0 Å². The van der Waals surface area contributed by atoms with Crippen LogP contribution in [0.5, 0.6) is 0 Å². The molecule has 0 fully saturated rings. The Morgan fingerprint density at radius 2 is 2.18 bits per heavy atom. The summed E-state index contributed by atoms with van der Waals surface area (Å²) in [5.74, 6) is 0.797. The molecule has 0 aliphatic heterocycles. The normalized spacial score (nSPS) is 11.1. The second kappa shape index (κ2) is 4.53. The first kappa shape index (κ1) is 11.6. The third kappa shape index (κ3) is 2.43. The molecule has 5 nitrogen and oxygen atoms in total. The molecule has 90 valence electrons. The van der Waals surface area contributed by atoms with Crippen molar-refractivity contribution in [3.05, 3.63) is 46.4 Å². The molecule has 0 atom stereocenters. The van der Waals surface area contributed by atoms with Crippen LogP contribution >= 0.6 is 0 Å². The van der Waals surface area contributed by atoms with Gasteiger partial charge >= 0.3 is 0 Å². The van der Waals surface area contributed by atoms with Crippen LogP contribution in [-0.4, -0.2) is 19.3 Å². The summed E-state index contributed by atoms with van der Waals surface area (Å²) < 4.78 is 3.46. The van der Waals surface area contributed by atoms with E-state index in [1.54, 1.807) is 16.8 Å². The molecule has 0 aliphatic rings. The van der Waals surface area contributed by atoms with Crippen molar-refractivity contribution in [1.29, 1.82) is 0 Å². The molecule has 0 saturated heterocycles.